The zero-order chi connectivity index (χ0) is 19.4. The van der Waals surface area contributed by atoms with Crippen molar-refractivity contribution in [3.8, 4) is 0 Å². The maximum Gasteiger partial charge on any atom is 0.349 e. The Hall–Kier alpha value is -3.41. The zero-order valence-corrected chi connectivity index (χ0v) is 14.8. The normalized spacial score (nSPS) is 11.9. The van der Waals surface area contributed by atoms with Gasteiger partial charge in [-0.15, -0.1) is 0 Å². The average Bonchev–Trinajstić information content (AvgIpc) is 2.67. The number of hydrogen-bond acceptors (Lipinski definition) is 4. The number of rotatable bonds is 6. The molecule has 1 amide bonds. The smallest absolute Gasteiger partial charge is 0.349 e. The van der Waals surface area contributed by atoms with Gasteiger partial charge in [0.1, 0.15) is 11.1 Å². The maximum atomic E-state index is 13.0. The Bertz CT molecular complexity index is 1030. The molecule has 0 aliphatic carbocycles. The summed E-state index contributed by atoms with van der Waals surface area (Å²) in [5.41, 5.74) is 0.392. The van der Waals surface area contributed by atoms with Gasteiger partial charge in [0.25, 0.3) is 5.91 Å². The van der Waals surface area contributed by atoms with E-state index in [0.717, 1.165) is 5.56 Å². The van der Waals surface area contributed by atoms with E-state index in [1.54, 1.807) is 24.3 Å². The first-order valence-corrected chi connectivity index (χ1v) is 8.54. The Kier molecular flexibility index (Phi) is 5.35. The summed E-state index contributed by atoms with van der Waals surface area (Å²) in [6.45, 7) is 1.70. The largest absolute Gasteiger partial charge is 0.481 e. The summed E-state index contributed by atoms with van der Waals surface area (Å²) in [4.78, 5) is 38.0. The van der Waals surface area contributed by atoms with Gasteiger partial charge in [0.15, 0.2) is 0 Å². The number of hydrogen-bond donors (Lipinski definition) is 1. The molecular weight excluding hydrogens is 346 g/mol. The van der Waals surface area contributed by atoms with Crippen LogP contribution in [0.15, 0.2) is 69.9 Å². The van der Waals surface area contributed by atoms with Crippen LogP contribution in [-0.2, 0) is 11.3 Å². The minimum atomic E-state index is -1.01. The summed E-state index contributed by atoms with van der Waals surface area (Å²) >= 11 is 0. The number of aliphatic carboxylic acids is 1. The van der Waals surface area contributed by atoms with Crippen LogP contribution in [0.1, 0.15) is 22.8 Å². The highest BCUT2D eigenvalue weighted by molar-refractivity contribution is 5.96. The number of carbonyl (C=O) groups is 2. The molecule has 0 saturated carbocycles. The highest BCUT2D eigenvalue weighted by Gasteiger charge is 2.24. The number of carbonyl (C=O) groups excluding carboxylic acids is 1. The molecule has 1 aromatic heterocycles. The molecule has 0 aliphatic rings. The van der Waals surface area contributed by atoms with Crippen molar-refractivity contribution in [3.05, 3.63) is 82.2 Å². The summed E-state index contributed by atoms with van der Waals surface area (Å²) in [5, 5.41) is 9.86. The van der Waals surface area contributed by atoms with E-state index >= 15 is 0 Å². The van der Waals surface area contributed by atoms with Crippen LogP contribution in [-0.4, -0.2) is 28.4 Å². The minimum absolute atomic E-state index is 0.0185. The van der Waals surface area contributed by atoms with Gasteiger partial charge in [0.05, 0.1) is 5.92 Å². The molecule has 0 aliphatic heterocycles. The second kappa shape index (κ2) is 7.86. The van der Waals surface area contributed by atoms with Gasteiger partial charge >= 0.3 is 11.6 Å². The van der Waals surface area contributed by atoms with Crippen LogP contribution in [0, 0.1) is 5.92 Å². The van der Waals surface area contributed by atoms with Crippen molar-refractivity contribution in [2.45, 2.75) is 13.5 Å². The van der Waals surface area contributed by atoms with Crippen molar-refractivity contribution in [3.63, 3.8) is 0 Å². The third-order valence-corrected chi connectivity index (χ3v) is 4.29. The number of benzene rings is 2. The fraction of sp³-hybridized carbons (Fsp3) is 0.190. The number of amides is 1. The molecule has 27 heavy (non-hydrogen) atoms. The molecule has 1 atom stereocenters. The molecular formula is C21H19NO5. The maximum absolute atomic E-state index is 13.0. The van der Waals surface area contributed by atoms with Crippen LogP contribution < -0.4 is 5.63 Å². The quantitative estimate of drug-likeness (QED) is 0.678. The van der Waals surface area contributed by atoms with Crippen LogP contribution in [0.4, 0.5) is 0 Å². The van der Waals surface area contributed by atoms with Crippen LogP contribution in [0.25, 0.3) is 11.0 Å². The fourth-order valence-electron chi connectivity index (χ4n) is 2.81. The predicted octanol–water partition coefficient (Wildman–Crippen LogP) is 3.16. The Morgan fingerprint density at radius 2 is 1.74 bits per heavy atom. The third-order valence-electron chi connectivity index (χ3n) is 4.29. The van der Waals surface area contributed by atoms with E-state index in [9.17, 15) is 19.5 Å². The van der Waals surface area contributed by atoms with Crippen molar-refractivity contribution in [1.29, 1.82) is 0 Å². The number of nitrogens with zero attached hydrogens (tertiary/aromatic N) is 1. The van der Waals surface area contributed by atoms with Crippen LogP contribution in [0.5, 0.6) is 0 Å². The Balaban J connectivity index is 1.97. The summed E-state index contributed by atoms with van der Waals surface area (Å²) in [6, 6.07) is 17.6. The van der Waals surface area contributed by atoms with E-state index in [1.807, 2.05) is 30.3 Å². The van der Waals surface area contributed by atoms with Crippen LogP contribution in [0.3, 0.4) is 0 Å². The SMILES string of the molecule is C[C@@H](CN(Cc1ccccc1)C(=O)c1cc2ccccc2oc1=O)C(=O)O. The molecule has 0 saturated heterocycles. The van der Waals surface area contributed by atoms with Crippen molar-refractivity contribution < 1.29 is 19.1 Å². The summed E-state index contributed by atoms with van der Waals surface area (Å²) in [7, 11) is 0. The molecule has 0 unspecified atom stereocenters. The van der Waals surface area contributed by atoms with Crippen molar-refractivity contribution >= 4 is 22.8 Å². The lowest BCUT2D eigenvalue weighted by atomic mass is 10.1. The lowest BCUT2D eigenvalue weighted by molar-refractivity contribution is -0.141. The monoisotopic (exact) mass is 365 g/mol. The Morgan fingerprint density at radius 1 is 1.07 bits per heavy atom. The number of para-hydroxylation sites is 1. The van der Waals surface area contributed by atoms with Gasteiger partial charge < -0.3 is 14.4 Å². The van der Waals surface area contributed by atoms with E-state index < -0.39 is 23.4 Å². The molecule has 0 radical (unpaired) electrons. The Morgan fingerprint density at radius 3 is 2.44 bits per heavy atom. The standard InChI is InChI=1S/C21H19NO5/c1-14(20(24)25)12-22(13-15-7-3-2-4-8-15)19(23)17-11-16-9-5-6-10-18(16)27-21(17)26/h2-11,14H,12-13H2,1H3,(H,24,25)/t14-/m0/s1. The van der Waals surface area contributed by atoms with Gasteiger partial charge in [0, 0.05) is 18.5 Å². The van der Waals surface area contributed by atoms with Crippen molar-refractivity contribution in [1.82, 2.24) is 4.90 Å². The minimum Gasteiger partial charge on any atom is -0.481 e. The van der Waals surface area contributed by atoms with Crippen LogP contribution in [0.2, 0.25) is 0 Å². The predicted molar refractivity (Wildman–Crippen MR) is 100 cm³/mol. The van der Waals surface area contributed by atoms with Gasteiger partial charge in [-0.05, 0) is 17.7 Å². The first-order chi connectivity index (χ1) is 13.0. The molecule has 6 heteroatoms. The molecule has 3 aromatic rings. The van der Waals surface area contributed by atoms with Crippen molar-refractivity contribution in [2.24, 2.45) is 5.92 Å². The molecule has 3 rings (SSSR count). The zero-order valence-electron chi connectivity index (χ0n) is 14.8. The lowest BCUT2D eigenvalue weighted by Gasteiger charge is -2.24. The van der Waals surface area contributed by atoms with Gasteiger partial charge in [-0.3, -0.25) is 9.59 Å². The lowest BCUT2D eigenvalue weighted by Crippen LogP contribution is -2.38. The van der Waals surface area contributed by atoms with E-state index in [1.165, 1.54) is 17.9 Å². The topological polar surface area (TPSA) is 87.8 Å². The van der Waals surface area contributed by atoms with E-state index in [-0.39, 0.29) is 18.7 Å². The van der Waals surface area contributed by atoms with Gasteiger partial charge in [-0.25, -0.2) is 4.79 Å². The highest BCUT2D eigenvalue weighted by atomic mass is 16.4. The first-order valence-electron chi connectivity index (χ1n) is 8.54. The molecule has 1 heterocycles. The fourth-order valence-corrected chi connectivity index (χ4v) is 2.81. The second-order valence-electron chi connectivity index (χ2n) is 6.40. The van der Waals surface area contributed by atoms with Crippen molar-refractivity contribution in [2.75, 3.05) is 6.54 Å². The molecule has 1 N–H and O–H groups in total. The molecule has 0 bridgehead atoms. The first kappa shape index (κ1) is 18.4. The Labute approximate surface area is 155 Å². The third kappa shape index (κ3) is 4.23. The van der Waals surface area contributed by atoms with Gasteiger partial charge in [-0.2, -0.15) is 0 Å². The molecule has 6 nitrogen and oxygen atoms in total. The number of carboxylic acids is 1. The average molecular weight is 365 g/mol. The highest BCUT2D eigenvalue weighted by Crippen LogP contribution is 2.16. The summed E-state index contributed by atoms with van der Waals surface area (Å²) < 4.78 is 5.25. The van der Waals surface area contributed by atoms with Gasteiger partial charge in [-0.1, -0.05) is 55.5 Å². The summed E-state index contributed by atoms with van der Waals surface area (Å²) in [6.07, 6.45) is 0. The van der Waals surface area contributed by atoms with E-state index in [0.29, 0.717) is 11.0 Å². The van der Waals surface area contributed by atoms with E-state index in [2.05, 4.69) is 0 Å². The molecule has 0 fully saturated rings. The second-order valence-corrected chi connectivity index (χ2v) is 6.40. The molecule has 0 spiro atoms. The van der Waals surface area contributed by atoms with Crippen LogP contribution >= 0.6 is 0 Å². The molecule has 2 aromatic carbocycles. The van der Waals surface area contributed by atoms with Gasteiger partial charge in [0.2, 0.25) is 0 Å². The molecule has 138 valence electrons. The number of carboxylic acid groups (broad SMARTS) is 1. The summed E-state index contributed by atoms with van der Waals surface area (Å²) in [5.74, 6) is -2.33. The number of fused-ring (bicyclic) bond motifs is 1. The van der Waals surface area contributed by atoms with E-state index in [4.69, 9.17) is 4.42 Å².